The molecule has 2 saturated heterocycles. The zero-order valence-electron chi connectivity index (χ0n) is 10.5. The van der Waals surface area contributed by atoms with Crippen LogP contribution in [0.1, 0.15) is 25.3 Å². The normalized spacial score (nSPS) is 37.3. The van der Waals surface area contributed by atoms with E-state index in [9.17, 15) is 5.11 Å². The highest BCUT2D eigenvalue weighted by atomic mass is 16.3. The SMILES string of the molecule is C[C@@H]1CC[C@H]2N(C1)C[C@]2(O)Cc1ccccc1. The van der Waals surface area contributed by atoms with Gasteiger partial charge in [-0.1, -0.05) is 37.3 Å². The van der Waals surface area contributed by atoms with Crippen LogP contribution < -0.4 is 0 Å². The van der Waals surface area contributed by atoms with Gasteiger partial charge in [0.25, 0.3) is 0 Å². The topological polar surface area (TPSA) is 23.5 Å². The predicted octanol–water partition coefficient (Wildman–Crippen LogP) is 2.07. The minimum Gasteiger partial charge on any atom is -0.387 e. The summed E-state index contributed by atoms with van der Waals surface area (Å²) in [5.41, 5.74) is 0.787. The molecule has 0 aliphatic carbocycles. The zero-order valence-corrected chi connectivity index (χ0v) is 10.5. The molecule has 0 saturated carbocycles. The molecule has 0 aromatic heterocycles. The van der Waals surface area contributed by atoms with Crippen molar-refractivity contribution in [2.75, 3.05) is 13.1 Å². The van der Waals surface area contributed by atoms with Crippen molar-refractivity contribution in [3.63, 3.8) is 0 Å². The molecule has 1 N–H and O–H groups in total. The number of hydrogen-bond acceptors (Lipinski definition) is 2. The van der Waals surface area contributed by atoms with Gasteiger partial charge in [0.2, 0.25) is 0 Å². The minimum absolute atomic E-state index is 0.402. The first kappa shape index (κ1) is 11.2. The van der Waals surface area contributed by atoms with Gasteiger partial charge in [0.1, 0.15) is 0 Å². The average molecular weight is 231 g/mol. The third kappa shape index (κ3) is 2.00. The largest absolute Gasteiger partial charge is 0.387 e. The number of hydrogen-bond donors (Lipinski definition) is 1. The van der Waals surface area contributed by atoms with E-state index < -0.39 is 5.60 Å². The summed E-state index contributed by atoms with van der Waals surface area (Å²) in [4.78, 5) is 2.46. The van der Waals surface area contributed by atoms with E-state index in [1.807, 2.05) is 6.07 Å². The molecule has 0 spiro atoms. The number of aliphatic hydroxyl groups is 1. The molecule has 2 heterocycles. The molecule has 0 amide bonds. The Kier molecular flexibility index (Phi) is 2.72. The van der Waals surface area contributed by atoms with Gasteiger partial charge in [-0.05, 0) is 24.3 Å². The molecule has 2 aliphatic heterocycles. The van der Waals surface area contributed by atoms with Gasteiger partial charge in [-0.15, -0.1) is 0 Å². The molecule has 1 aromatic rings. The summed E-state index contributed by atoms with van der Waals surface area (Å²) in [5.74, 6) is 0.799. The van der Waals surface area contributed by atoms with E-state index in [1.54, 1.807) is 0 Å². The summed E-state index contributed by atoms with van der Waals surface area (Å²) in [6.45, 7) is 4.34. The predicted molar refractivity (Wildman–Crippen MR) is 68.9 cm³/mol. The van der Waals surface area contributed by atoms with Crippen LogP contribution in [0.25, 0.3) is 0 Å². The van der Waals surface area contributed by atoms with E-state index in [0.29, 0.717) is 6.04 Å². The highest BCUT2D eigenvalue weighted by molar-refractivity contribution is 5.21. The molecule has 0 radical (unpaired) electrons. The molecule has 3 atom stereocenters. The summed E-state index contributed by atoms with van der Waals surface area (Å²) in [6, 6.07) is 10.8. The molecule has 92 valence electrons. The smallest absolute Gasteiger partial charge is 0.0968 e. The third-order valence-corrected chi connectivity index (χ3v) is 4.37. The standard InChI is InChI=1S/C15H21NO/c1-12-7-8-14-15(17,11-16(14)10-12)9-13-5-3-2-4-6-13/h2-6,12,14,17H,7-11H2,1H3/t12-,14-,15-/m1/s1. The molecule has 3 rings (SSSR count). The first-order valence-electron chi connectivity index (χ1n) is 6.68. The van der Waals surface area contributed by atoms with Crippen LogP contribution in [0.4, 0.5) is 0 Å². The molecule has 17 heavy (non-hydrogen) atoms. The summed E-state index contributed by atoms with van der Waals surface area (Å²) < 4.78 is 0. The Morgan fingerprint density at radius 3 is 2.76 bits per heavy atom. The number of fused-ring (bicyclic) bond motifs is 1. The van der Waals surface area contributed by atoms with Crippen molar-refractivity contribution in [1.82, 2.24) is 4.90 Å². The van der Waals surface area contributed by atoms with Gasteiger partial charge in [0.05, 0.1) is 5.60 Å². The maximum atomic E-state index is 10.7. The molecule has 2 fully saturated rings. The summed E-state index contributed by atoms with van der Waals surface area (Å²) in [6.07, 6.45) is 3.23. The third-order valence-electron chi connectivity index (χ3n) is 4.37. The average Bonchev–Trinajstić information content (AvgIpc) is 2.29. The van der Waals surface area contributed by atoms with Crippen LogP contribution >= 0.6 is 0 Å². The van der Waals surface area contributed by atoms with E-state index in [0.717, 1.165) is 25.3 Å². The van der Waals surface area contributed by atoms with Crippen LogP contribution in [0.2, 0.25) is 0 Å². The molecular weight excluding hydrogens is 210 g/mol. The van der Waals surface area contributed by atoms with Gasteiger partial charge in [0, 0.05) is 25.6 Å². The first-order valence-corrected chi connectivity index (χ1v) is 6.68. The highest BCUT2D eigenvalue weighted by Crippen LogP contribution is 2.39. The molecule has 2 heteroatoms. The van der Waals surface area contributed by atoms with Crippen LogP contribution in [0.3, 0.4) is 0 Å². The van der Waals surface area contributed by atoms with Crippen molar-refractivity contribution in [1.29, 1.82) is 0 Å². The number of benzene rings is 1. The maximum Gasteiger partial charge on any atom is 0.0968 e. The lowest BCUT2D eigenvalue weighted by molar-refractivity contribution is -0.171. The second kappa shape index (κ2) is 4.11. The zero-order chi connectivity index (χ0) is 11.9. The van der Waals surface area contributed by atoms with Gasteiger partial charge in [-0.25, -0.2) is 0 Å². The van der Waals surface area contributed by atoms with Gasteiger partial charge in [-0.3, -0.25) is 4.90 Å². The quantitative estimate of drug-likeness (QED) is 0.842. The molecule has 2 nitrogen and oxygen atoms in total. The van der Waals surface area contributed by atoms with Gasteiger partial charge >= 0.3 is 0 Å². The van der Waals surface area contributed by atoms with Crippen molar-refractivity contribution in [2.24, 2.45) is 5.92 Å². The first-order chi connectivity index (χ1) is 8.17. The summed E-state index contributed by atoms with van der Waals surface area (Å²) in [5, 5.41) is 10.7. The fraction of sp³-hybridized carbons (Fsp3) is 0.600. The summed E-state index contributed by atoms with van der Waals surface area (Å²) >= 11 is 0. The summed E-state index contributed by atoms with van der Waals surface area (Å²) in [7, 11) is 0. The molecule has 1 aromatic carbocycles. The van der Waals surface area contributed by atoms with Crippen LogP contribution in [0.15, 0.2) is 30.3 Å². The van der Waals surface area contributed by atoms with Gasteiger partial charge in [0.15, 0.2) is 0 Å². The second-order valence-corrected chi connectivity index (χ2v) is 5.89. The van der Waals surface area contributed by atoms with Crippen molar-refractivity contribution < 1.29 is 5.11 Å². The van der Waals surface area contributed by atoms with E-state index in [1.165, 1.54) is 18.5 Å². The van der Waals surface area contributed by atoms with Crippen LogP contribution in [0.5, 0.6) is 0 Å². The Labute approximate surface area is 103 Å². The molecule has 0 bridgehead atoms. The van der Waals surface area contributed by atoms with Crippen LogP contribution in [0, 0.1) is 5.92 Å². The van der Waals surface area contributed by atoms with Crippen molar-refractivity contribution in [3.8, 4) is 0 Å². The Morgan fingerprint density at radius 1 is 1.29 bits per heavy atom. The van der Waals surface area contributed by atoms with E-state index in [2.05, 4.69) is 36.1 Å². The fourth-order valence-electron chi connectivity index (χ4n) is 3.49. The van der Waals surface area contributed by atoms with E-state index in [4.69, 9.17) is 0 Å². The van der Waals surface area contributed by atoms with E-state index >= 15 is 0 Å². The number of piperidine rings is 1. The maximum absolute atomic E-state index is 10.7. The second-order valence-electron chi connectivity index (χ2n) is 5.89. The molecule has 0 unspecified atom stereocenters. The van der Waals surface area contributed by atoms with Crippen molar-refractivity contribution in [2.45, 2.75) is 37.8 Å². The number of rotatable bonds is 2. The van der Waals surface area contributed by atoms with Gasteiger partial charge in [-0.2, -0.15) is 0 Å². The highest BCUT2D eigenvalue weighted by Gasteiger charge is 2.52. The monoisotopic (exact) mass is 231 g/mol. The Hall–Kier alpha value is -0.860. The lowest BCUT2D eigenvalue weighted by atomic mass is 9.72. The molecular formula is C15H21NO. The fourth-order valence-corrected chi connectivity index (χ4v) is 3.49. The Bertz CT molecular complexity index is 391. The Morgan fingerprint density at radius 2 is 2.06 bits per heavy atom. The van der Waals surface area contributed by atoms with Crippen LogP contribution in [-0.4, -0.2) is 34.7 Å². The minimum atomic E-state index is -0.471. The lowest BCUT2D eigenvalue weighted by Crippen LogP contribution is -2.72. The van der Waals surface area contributed by atoms with Crippen molar-refractivity contribution in [3.05, 3.63) is 35.9 Å². The lowest BCUT2D eigenvalue weighted by Gasteiger charge is -2.58. The van der Waals surface area contributed by atoms with Crippen molar-refractivity contribution >= 4 is 0 Å². The van der Waals surface area contributed by atoms with Gasteiger partial charge < -0.3 is 5.11 Å². The Balaban J connectivity index is 1.69. The van der Waals surface area contributed by atoms with Crippen LogP contribution in [-0.2, 0) is 6.42 Å². The number of nitrogens with zero attached hydrogens (tertiary/aromatic N) is 1. The molecule has 2 aliphatic rings. The van der Waals surface area contributed by atoms with E-state index in [-0.39, 0.29) is 0 Å².